The van der Waals surface area contributed by atoms with Crippen molar-refractivity contribution >= 4 is 50.7 Å². The van der Waals surface area contributed by atoms with Gasteiger partial charge in [-0.05, 0) is 40.2 Å². The minimum atomic E-state index is -0.281. The van der Waals surface area contributed by atoms with Crippen LogP contribution >= 0.6 is 27.5 Å². The molecule has 7 nitrogen and oxygen atoms in total. The van der Waals surface area contributed by atoms with E-state index in [1.807, 2.05) is 24.3 Å². The fourth-order valence-electron chi connectivity index (χ4n) is 2.20. The van der Waals surface area contributed by atoms with E-state index in [1.165, 1.54) is 6.21 Å². The van der Waals surface area contributed by atoms with E-state index >= 15 is 0 Å². The van der Waals surface area contributed by atoms with Gasteiger partial charge in [0.25, 0.3) is 0 Å². The van der Waals surface area contributed by atoms with E-state index in [0.29, 0.717) is 21.6 Å². The molecule has 1 aromatic heterocycles. The molecule has 3 rings (SSSR count). The second kappa shape index (κ2) is 7.62. The number of rotatable bonds is 5. The predicted molar refractivity (Wildman–Crippen MR) is 98.7 cm³/mol. The van der Waals surface area contributed by atoms with Crippen molar-refractivity contribution in [2.45, 2.75) is 13.0 Å². The van der Waals surface area contributed by atoms with E-state index < -0.39 is 0 Å². The van der Waals surface area contributed by atoms with Gasteiger partial charge in [-0.2, -0.15) is 5.10 Å². The molecule has 2 aromatic carbocycles. The lowest BCUT2D eigenvalue weighted by Gasteiger charge is -2.03. The number of amides is 1. The van der Waals surface area contributed by atoms with Crippen molar-refractivity contribution < 1.29 is 9.90 Å². The number of fused-ring (bicyclic) bond motifs is 1. The number of aromatic hydroxyl groups is 1. The van der Waals surface area contributed by atoms with Crippen LogP contribution in [0.15, 0.2) is 46.0 Å². The van der Waals surface area contributed by atoms with Gasteiger partial charge in [0, 0.05) is 17.0 Å². The second-order valence-electron chi connectivity index (χ2n) is 5.17. The Balaban J connectivity index is 1.58. The topological polar surface area (TPSA) is 92.4 Å². The summed E-state index contributed by atoms with van der Waals surface area (Å²) < 4.78 is 2.12. The lowest BCUT2D eigenvalue weighted by atomic mass is 10.2. The Morgan fingerprint density at radius 3 is 3.04 bits per heavy atom. The molecular weight excluding hydrogens is 410 g/mol. The summed E-state index contributed by atoms with van der Waals surface area (Å²) in [5, 5.41) is 22.2. The molecule has 0 radical (unpaired) electrons. The number of benzene rings is 2. The Labute approximate surface area is 156 Å². The van der Waals surface area contributed by atoms with E-state index in [0.717, 1.165) is 11.0 Å². The van der Waals surface area contributed by atoms with Crippen LogP contribution in [0.5, 0.6) is 5.75 Å². The third-order valence-corrected chi connectivity index (χ3v) is 4.24. The maximum atomic E-state index is 11.9. The number of phenolic OH excluding ortho intramolecular Hbond substituents is 1. The number of phenols is 1. The Bertz CT molecular complexity index is 957. The summed E-state index contributed by atoms with van der Waals surface area (Å²) in [6, 6.07) is 10.6. The van der Waals surface area contributed by atoms with Gasteiger partial charge in [-0.25, -0.2) is 10.1 Å². The van der Waals surface area contributed by atoms with E-state index in [-0.39, 0.29) is 18.1 Å². The molecule has 0 spiro atoms. The maximum Gasteiger partial charge on any atom is 0.241 e. The Morgan fingerprint density at radius 1 is 1.40 bits per heavy atom. The minimum absolute atomic E-state index is 0.00326. The van der Waals surface area contributed by atoms with Gasteiger partial charge in [0.2, 0.25) is 5.91 Å². The van der Waals surface area contributed by atoms with Crippen LogP contribution in [0.3, 0.4) is 0 Å². The quantitative estimate of drug-likeness (QED) is 0.488. The van der Waals surface area contributed by atoms with Gasteiger partial charge < -0.3 is 5.11 Å². The molecule has 0 bridgehead atoms. The number of hydrogen-bond acceptors (Lipinski definition) is 5. The van der Waals surface area contributed by atoms with Crippen LogP contribution in [0.4, 0.5) is 0 Å². The van der Waals surface area contributed by atoms with E-state index in [9.17, 15) is 9.90 Å². The number of para-hydroxylation sites is 1. The molecule has 0 atom stereocenters. The van der Waals surface area contributed by atoms with Gasteiger partial charge in [-0.3, -0.25) is 4.79 Å². The highest BCUT2D eigenvalue weighted by Gasteiger charge is 2.07. The first-order valence-corrected chi connectivity index (χ1v) is 8.50. The highest BCUT2D eigenvalue weighted by atomic mass is 79.9. The molecule has 0 aliphatic carbocycles. The number of carbonyl (C=O) groups excluding carboxylic acids is 1. The third kappa shape index (κ3) is 4.15. The second-order valence-corrected chi connectivity index (χ2v) is 6.46. The first-order valence-electron chi connectivity index (χ1n) is 7.33. The van der Waals surface area contributed by atoms with Crippen LogP contribution in [0.25, 0.3) is 11.0 Å². The molecule has 0 unspecified atom stereocenters. The van der Waals surface area contributed by atoms with Crippen molar-refractivity contribution in [1.82, 2.24) is 20.4 Å². The molecule has 2 N–H and O–H groups in total. The predicted octanol–water partition coefficient (Wildman–Crippen LogP) is 3.09. The Kier molecular flexibility index (Phi) is 5.30. The fourth-order valence-corrected chi connectivity index (χ4v) is 3.04. The van der Waals surface area contributed by atoms with E-state index in [4.69, 9.17) is 11.6 Å². The van der Waals surface area contributed by atoms with Gasteiger partial charge in [0.1, 0.15) is 11.3 Å². The summed E-state index contributed by atoms with van der Waals surface area (Å²) in [6.07, 6.45) is 1.52. The van der Waals surface area contributed by atoms with Crippen LogP contribution in [-0.2, 0) is 11.3 Å². The summed E-state index contributed by atoms with van der Waals surface area (Å²) in [5.41, 5.74) is 4.45. The van der Waals surface area contributed by atoms with Gasteiger partial charge >= 0.3 is 0 Å². The summed E-state index contributed by atoms with van der Waals surface area (Å²) >= 11 is 9.10. The lowest BCUT2D eigenvalue weighted by molar-refractivity contribution is -0.121. The SMILES string of the molecule is O=C(CCn1nnc2ccccc21)N/N=C\c1cc(Cl)cc(Br)c1O. The van der Waals surface area contributed by atoms with Crippen LogP contribution in [-0.4, -0.2) is 32.2 Å². The van der Waals surface area contributed by atoms with Gasteiger partial charge in [0.15, 0.2) is 0 Å². The molecule has 0 fully saturated rings. The number of aromatic nitrogens is 3. The lowest BCUT2D eigenvalue weighted by Crippen LogP contribution is -2.19. The summed E-state index contributed by atoms with van der Waals surface area (Å²) in [5.74, 6) is -0.284. The summed E-state index contributed by atoms with van der Waals surface area (Å²) in [7, 11) is 0. The zero-order valence-electron chi connectivity index (χ0n) is 12.9. The number of nitrogens with one attached hydrogen (secondary N) is 1. The van der Waals surface area contributed by atoms with Crippen LogP contribution in [0.2, 0.25) is 5.02 Å². The normalized spacial score (nSPS) is 11.3. The van der Waals surface area contributed by atoms with Crippen LogP contribution in [0, 0.1) is 0 Å². The molecule has 1 heterocycles. The number of aryl methyl sites for hydroxylation is 1. The molecular formula is C16H13BrClN5O2. The number of carbonyl (C=O) groups is 1. The smallest absolute Gasteiger partial charge is 0.241 e. The molecule has 9 heteroatoms. The third-order valence-electron chi connectivity index (χ3n) is 3.42. The zero-order valence-corrected chi connectivity index (χ0v) is 15.2. The van der Waals surface area contributed by atoms with Crippen molar-refractivity contribution in [3.05, 3.63) is 51.5 Å². The largest absolute Gasteiger partial charge is 0.506 e. The molecule has 3 aromatic rings. The van der Waals surface area contributed by atoms with Gasteiger partial charge in [0.05, 0.1) is 22.7 Å². The van der Waals surface area contributed by atoms with Crippen molar-refractivity contribution in [3.63, 3.8) is 0 Å². The number of hydrogen-bond donors (Lipinski definition) is 2. The van der Waals surface area contributed by atoms with E-state index in [1.54, 1.807) is 16.8 Å². The van der Waals surface area contributed by atoms with Crippen LogP contribution < -0.4 is 5.43 Å². The average Bonchev–Trinajstić information content (AvgIpc) is 3.00. The molecule has 0 aliphatic rings. The fraction of sp³-hybridized carbons (Fsp3) is 0.125. The van der Waals surface area contributed by atoms with Crippen molar-refractivity contribution in [2.75, 3.05) is 0 Å². The van der Waals surface area contributed by atoms with E-state index in [2.05, 4.69) is 36.8 Å². The highest BCUT2D eigenvalue weighted by molar-refractivity contribution is 9.10. The Hall–Kier alpha value is -2.45. The number of halogens is 2. The highest BCUT2D eigenvalue weighted by Crippen LogP contribution is 2.30. The number of hydrazone groups is 1. The minimum Gasteiger partial charge on any atom is -0.506 e. The molecule has 0 saturated carbocycles. The monoisotopic (exact) mass is 421 g/mol. The van der Waals surface area contributed by atoms with Crippen molar-refractivity contribution in [2.24, 2.45) is 5.10 Å². The molecule has 128 valence electrons. The Morgan fingerprint density at radius 2 is 2.20 bits per heavy atom. The molecule has 0 aliphatic heterocycles. The molecule has 25 heavy (non-hydrogen) atoms. The van der Waals surface area contributed by atoms with Gasteiger partial charge in [-0.15, -0.1) is 5.10 Å². The van der Waals surface area contributed by atoms with Crippen LogP contribution in [0.1, 0.15) is 12.0 Å². The van der Waals surface area contributed by atoms with Crippen molar-refractivity contribution in [1.29, 1.82) is 0 Å². The summed E-state index contributed by atoms with van der Waals surface area (Å²) in [4.78, 5) is 11.9. The molecule has 1 amide bonds. The standard InChI is InChI=1S/C16H13BrClN5O2/c17-12-8-11(18)7-10(16(12)25)9-19-21-15(24)5-6-23-14-4-2-1-3-13(14)20-22-23/h1-4,7-9,25H,5-6H2,(H,21,24)/b19-9-. The first kappa shape index (κ1) is 17.4. The average molecular weight is 423 g/mol. The zero-order chi connectivity index (χ0) is 17.8. The summed E-state index contributed by atoms with van der Waals surface area (Å²) in [6.45, 7) is 0.385. The van der Waals surface area contributed by atoms with Crippen molar-refractivity contribution in [3.8, 4) is 5.75 Å². The molecule has 0 saturated heterocycles. The first-order chi connectivity index (χ1) is 12.0. The number of nitrogens with zero attached hydrogens (tertiary/aromatic N) is 4. The maximum absolute atomic E-state index is 11.9. The van der Waals surface area contributed by atoms with Gasteiger partial charge in [-0.1, -0.05) is 28.9 Å².